The zero-order valence-electron chi connectivity index (χ0n) is 21.3. The fraction of sp³-hybridized carbons (Fsp3) is 0.393. The molecule has 7 nitrogen and oxygen atoms in total. The molecule has 1 atom stereocenters. The Morgan fingerprint density at radius 2 is 1.60 bits per heavy atom. The molecule has 2 N–H and O–H groups in total. The first-order valence-corrected chi connectivity index (χ1v) is 12.1. The van der Waals surface area contributed by atoms with Gasteiger partial charge in [0, 0.05) is 38.8 Å². The molecule has 1 unspecified atom stereocenters. The number of hydrogen-bond acceptors (Lipinski definition) is 4. The first-order valence-electron chi connectivity index (χ1n) is 12.1. The Hall–Kier alpha value is -3.45. The van der Waals surface area contributed by atoms with Crippen molar-refractivity contribution < 1.29 is 9.59 Å². The normalized spacial score (nSPS) is 14.8. The number of carbonyl (C=O) groups is 2. The molecule has 0 aliphatic carbocycles. The average molecular weight is 474 g/mol. The first kappa shape index (κ1) is 24.7. The number of aromatic nitrogens is 2. The summed E-state index contributed by atoms with van der Waals surface area (Å²) in [6.45, 7) is 8.57. The van der Waals surface area contributed by atoms with E-state index >= 15 is 0 Å². The molecule has 4 rings (SSSR count). The SMILES string of the molecule is CNC(=O)C(CNC(=O)c1nc(-c2ccc(-c3ccccc3)cc2)n2c1CN(C)CC2)C(C)(C)C. The highest BCUT2D eigenvalue weighted by atomic mass is 16.2. The van der Waals surface area contributed by atoms with E-state index in [2.05, 4.69) is 56.5 Å². The number of imidazole rings is 1. The van der Waals surface area contributed by atoms with E-state index in [1.165, 1.54) is 0 Å². The van der Waals surface area contributed by atoms with Gasteiger partial charge >= 0.3 is 0 Å². The zero-order valence-corrected chi connectivity index (χ0v) is 21.3. The third-order valence-corrected chi connectivity index (χ3v) is 6.74. The predicted molar refractivity (Wildman–Crippen MR) is 139 cm³/mol. The topological polar surface area (TPSA) is 79.3 Å². The van der Waals surface area contributed by atoms with Crippen LogP contribution in [0.25, 0.3) is 22.5 Å². The summed E-state index contributed by atoms with van der Waals surface area (Å²) in [5, 5.41) is 5.70. The van der Waals surface area contributed by atoms with Gasteiger partial charge in [-0.25, -0.2) is 4.98 Å². The van der Waals surface area contributed by atoms with Crippen molar-refractivity contribution in [3.63, 3.8) is 0 Å². The van der Waals surface area contributed by atoms with Crippen LogP contribution in [-0.2, 0) is 17.9 Å². The number of nitrogens with one attached hydrogen (secondary N) is 2. The number of fused-ring (bicyclic) bond motifs is 1. The maximum atomic E-state index is 13.3. The molecule has 35 heavy (non-hydrogen) atoms. The molecule has 2 amide bonds. The van der Waals surface area contributed by atoms with Gasteiger partial charge in [0.15, 0.2) is 5.69 Å². The third-order valence-electron chi connectivity index (χ3n) is 6.74. The van der Waals surface area contributed by atoms with Gasteiger partial charge in [0.2, 0.25) is 5.91 Å². The summed E-state index contributed by atoms with van der Waals surface area (Å²) in [5.41, 5.74) is 4.34. The predicted octanol–water partition coefficient (Wildman–Crippen LogP) is 3.80. The van der Waals surface area contributed by atoms with Crippen molar-refractivity contribution in [1.82, 2.24) is 25.1 Å². The van der Waals surface area contributed by atoms with Gasteiger partial charge in [-0.05, 0) is 23.6 Å². The molecule has 0 saturated carbocycles. The van der Waals surface area contributed by atoms with E-state index in [1.807, 2.05) is 46.0 Å². The summed E-state index contributed by atoms with van der Waals surface area (Å²) in [4.78, 5) is 32.7. The second-order valence-corrected chi connectivity index (χ2v) is 10.3. The van der Waals surface area contributed by atoms with E-state index in [-0.39, 0.29) is 29.7 Å². The van der Waals surface area contributed by atoms with Crippen LogP contribution < -0.4 is 10.6 Å². The van der Waals surface area contributed by atoms with Crippen LogP contribution in [0.15, 0.2) is 54.6 Å². The van der Waals surface area contributed by atoms with Gasteiger partial charge in [0.05, 0.1) is 11.6 Å². The van der Waals surface area contributed by atoms with Crippen molar-refractivity contribution in [3.05, 3.63) is 66.0 Å². The number of likely N-dealkylation sites (N-methyl/N-ethyl adjacent to an activating group) is 1. The minimum absolute atomic E-state index is 0.0800. The molecule has 184 valence electrons. The van der Waals surface area contributed by atoms with Crippen molar-refractivity contribution in [2.75, 3.05) is 27.2 Å². The number of carbonyl (C=O) groups excluding carboxylic acids is 2. The summed E-state index contributed by atoms with van der Waals surface area (Å²) in [7, 11) is 3.67. The largest absolute Gasteiger partial charge is 0.359 e. The minimum Gasteiger partial charge on any atom is -0.359 e. The summed E-state index contributed by atoms with van der Waals surface area (Å²) < 4.78 is 2.16. The molecule has 3 aromatic rings. The van der Waals surface area contributed by atoms with Gasteiger partial charge in [-0.2, -0.15) is 0 Å². The molecule has 2 heterocycles. The maximum Gasteiger partial charge on any atom is 0.271 e. The molecule has 0 saturated heterocycles. The second-order valence-electron chi connectivity index (χ2n) is 10.3. The van der Waals surface area contributed by atoms with E-state index in [1.54, 1.807) is 7.05 Å². The minimum atomic E-state index is -0.345. The van der Waals surface area contributed by atoms with Gasteiger partial charge < -0.3 is 15.2 Å². The smallest absolute Gasteiger partial charge is 0.271 e. The monoisotopic (exact) mass is 473 g/mol. The van der Waals surface area contributed by atoms with E-state index in [4.69, 9.17) is 4.98 Å². The van der Waals surface area contributed by atoms with Gasteiger partial charge in [-0.15, -0.1) is 0 Å². The standard InChI is InChI=1S/C28H35N5O2/c1-28(2,3)22(26(34)29-4)17-30-27(35)24-23-18-32(5)15-16-33(23)25(31-24)21-13-11-20(12-14-21)19-9-7-6-8-10-19/h6-14,22H,15-18H2,1-5H3,(H,29,34)(H,30,35). The fourth-order valence-corrected chi connectivity index (χ4v) is 4.58. The van der Waals surface area contributed by atoms with E-state index < -0.39 is 0 Å². The summed E-state index contributed by atoms with van der Waals surface area (Å²) >= 11 is 0. The van der Waals surface area contributed by atoms with E-state index in [0.29, 0.717) is 12.2 Å². The van der Waals surface area contributed by atoms with Crippen molar-refractivity contribution in [1.29, 1.82) is 0 Å². The van der Waals surface area contributed by atoms with Crippen molar-refractivity contribution in [2.45, 2.75) is 33.9 Å². The van der Waals surface area contributed by atoms with Crippen molar-refractivity contribution in [3.8, 4) is 22.5 Å². The highest BCUT2D eigenvalue weighted by Crippen LogP contribution is 2.29. The van der Waals surface area contributed by atoms with Crippen molar-refractivity contribution >= 4 is 11.8 Å². The Kier molecular flexibility index (Phi) is 7.08. The molecule has 0 spiro atoms. The number of hydrogen-bond donors (Lipinski definition) is 2. The molecule has 2 aromatic carbocycles. The molecule has 0 fully saturated rings. The lowest BCUT2D eigenvalue weighted by molar-refractivity contribution is -0.127. The molecule has 7 heteroatoms. The van der Waals surface area contributed by atoms with Crippen LogP contribution in [0.1, 0.15) is 37.0 Å². The first-order chi connectivity index (χ1) is 16.7. The Bertz CT molecular complexity index is 1190. The lowest BCUT2D eigenvalue weighted by Crippen LogP contribution is -2.44. The fourth-order valence-electron chi connectivity index (χ4n) is 4.58. The Labute approximate surface area is 207 Å². The lowest BCUT2D eigenvalue weighted by Gasteiger charge is -2.29. The number of nitrogens with zero attached hydrogens (tertiary/aromatic N) is 3. The molecular formula is C28H35N5O2. The Morgan fingerprint density at radius 3 is 2.23 bits per heavy atom. The van der Waals surface area contributed by atoms with Crippen LogP contribution in [0.3, 0.4) is 0 Å². The molecular weight excluding hydrogens is 438 g/mol. The average Bonchev–Trinajstić information content (AvgIpc) is 3.22. The van der Waals surface area contributed by atoms with Crippen LogP contribution >= 0.6 is 0 Å². The third kappa shape index (κ3) is 5.30. The quantitative estimate of drug-likeness (QED) is 0.571. The number of amides is 2. The summed E-state index contributed by atoms with van der Waals surface area (Å²) in [5.74, 6) is 0.136. The maximum absolute atomic E-state index is 13.3. The molecule has 0 radical (unpaired) electrons. The lowest BCUT2D eigenvalue weighted by atomic mass is 9.80. The Morgan fingerprint density at radius 1 is 0.971 bits per heavy atom. The molecule has 0 bridgehead atoms. The van der Waals surface area contributed by atoms with Gasteiger partial charge in [0.25, 0.3) is 5.91 Å². The Balaban J connectivity index is 1.62. The highest BCUT2D eigenvalue weighted by molar-refractivity contribution is 5.94. The molecule has 1 aliphatic rings. The van der Waals surface area contributed by atoms with Crippen LogP contribution in [0.4, 0.5) is 0 Å². The number of rotatable bonds is 6. The molecule has 1 aromatic heterocycles. The molecule has 1 aliphatic heterocycles. The van der Waals surface area contributed by atoms with E-state index in [0.717, 1.165) is 41.3 Å². The summed E-state index contributed by atoms with van der Waals surface area (Å²) in [6, 6.07) is 18.6. The van der Waals surface area contributed by atoms with Crippen LogP contribution in [0, 0.1) is 11.3 Å². The van der Waals surface area contributed by atoms with Gasteiger partial charge in [-0.3, -0.25) is 14.5 Å². The van der Waals surface area contributed by atoms with E-state index in [9.17, 15) is 9.59 Å². The second kappa shape index (κ2) is 10.0. The van der Waals surface area contributed by atoms with Crippen LogP contribution in [0.2, 0.25) is 0 Å². The van der Waals surface area contributed by atoms with Crippen LogP contribution in [-0.4, -0.2) is 53.5 Å². The van der Waals surface area contributed by atoms with Gasteiger partial charge in [0.1, 0.15) is 5.82 Å². The highest BCUT2D eigenvalue weighted by Gasteiger charge is 2.32. The zero-order chi connectivity index (χ0) is 25.2. The number of benzene rings is 2. The van der Waals surface area contributed by atoms with Crippen molar-refractivity contribution in [2.24, 2.45) is 11.3 Å². The summed E-state index contributed by atoms with van der Waals surface area (Å²) in [6.07, 6.45) is 0. The van der Waals surface area contributed by atoms with Crippen LogP contribution in [0.5, 0.6) is 0 Å². The van der Waals surface area contributed by atoms with Gasteiger partial charge in [-0.1, -0.05) is 75.4 Å².